The molecule has 2 aromatic rings. The van der Waals surface area contributed by atoms with Crippen LogP contribution >= 0.6 is 0 Å². The van der Waals surface area contributed by atoms with Crippen molar-refractivity contribution in [3.05, 3.63) is 81.7 Å². The highest BCUT2D eigenvalue weighted by atomic mass is 19.1. The smallest absolute Gasteiger partial charge is 0.270 e. The third-order valence-electron chi connectivity index (χ3n) is 3.70. The number of nitrogens with zero attached hydrogens (tertiary/aromatic N) is 1. The fourth-order valence-corrected chi connectivity index (χ4v) is 2.42. The van der Waals surface area contributed by atoms with Gasteiger partial charge in [0.25, 0.3) is 5.69 Å². The predicted octanol–water partition coefficient (Wildman–Crippen LogP) is 4.26. The van der Waals surface area contributed by atoms with Crippen LogP contribution in [0.5, 0.6) is 0 Å². The molecule has 1 amide bonds. The number of halogens is 1. The minimum absolute atomic E-state index is 0.0334. The third-order valence-corrected chi connectivity index (χ3v) is 3.70. The third kappa shape index (κ3) is 5.24. The first-order chi connectivity index (χ1) is 11.9. The molecule has 0 bridgehead atoms. The summed E-state index contributed by atoms with van der Waals surface area (Å²) >= 11 is 0. The molecule has 1 N–H and O–H groups in total. The average Bonchev–Trinajstić information content (AvgIpc) is 2.59. The molecule has 0 fully saturated rings. The number of amides is 1. The van der Waals surface area contributed by atoms with E-state index >= 15 is 0 Å². The predicted molar refractivity (Wildman–Crippen MR) is 94.3 cm³/mol. The molecule has 25 heavy (non-hydrogen) atoms. The average molecular weight is 342 g/mol. The Bertz CT molecular complexity index is 786. The van der Waals surface area contributed by atoms with Gasteiger partial charge in [0.15, 0.2) is 0 Å². The lowest BCUT2D eigenvalue weighted by atomic mass is 9.96. The van der Waals surface area contributed by atoms with Crippen LogP contribution in [0.25, 0.3) is 6.08 Å². The second-order valence-corrected chi connectivity index (χ2v) is 5.97. The Balaban J connectivity index is 2.10. The summed E-state index contributed by atoms with van der Waals surface area (Å²) < 4.78 is 13.1. The van der Waals surface area contributed by atoms with Crippen LogP contribution in [0, 0.1) is 21.8 Å². The minimum Gasteiger partial charge on any atom is -0.345 e. The van der Waals surface area contributed by atoms with E-state index in [4.69, 9.17) is 0 Å². The van der Waals surface area contributed by atoms with Crippen molar-refractivity contribution < 1.29 is 14.1 Å². The summed E-state index contributed by atoms with van der Waals surface area (Å²) in [5.74, 6) is -0.543. The molecule has 2 aromatic carbocycles. The van der Waals surface area contributed by atoms with Gasteiger partial charge in [0, 0.05) is 18.2 Å². The number of hydrogen-bond donors (Lipinski definition) is 1. The Hall–Kier alpha value is -3.02. The molecule has 0 saturated heterocycles. The standard InChI is InChI=1S/C19H19FN2O3/c1-13(2)19(15-7-9-16(20)10-8-15)21-18(23)11-6-14-4-3-5-17(12-14)22(24)25/h3-13,19H,1-2H3,(H,21,23)/b11-6+/t19-/m1/s1. The zero-order valence-electron chi connectivity index (χ0n) is 14.0. The van der Waals surface area contributed by atoms with E-state index in [-0.39, 0.29) is 29.4 Å². The lowest BCUT2D eigenvalue weighted by Gasteiger charge is -2.22. The maximum absolute atomic E-state index is 13.1. The van der Waals surface area contributed by atoms with E-state index in [0.717, 1.165) is 5.56 Å². The highest BCUT2D eigenvalue weighted by molar-refractivity contribution is 5.92. The first-order valence-corrected chi connectivity index (χ1v) is 7.85. The fourth-order valence-electron chi connectivity index (χ4n) is 2.42. The summed E-state index contributed by atoms with van der Waals surface area (Å²) in [7, 11) is 0. The highest BCUT2D eigenvalue weighted by Crippen LogP contribution is 2.22. The van der Waals surface area contributed by atoms with Gasteiger partial charge in [-0.3, -0.25) is 14.9 Å². The lowest BCUT2D eigenvalue weighted by Crippen LogP contribution is -2.30. The molecule has 2 rings (SSSR count). The molecule has 0 aliphatic carbocycles. The molecular formula is C19H19FN2O3. The Labute approximate surface area is 145 Å². The summed E-state index contributed by atoms with van der Waals surface area (Å²) in [6.45, 7) is 3.91. The van der Waals surface area contributed by atoms with Crippen LogP contribution in [0.2, 0.25) is 0 Å². The van der Waals surface area contributed by atoms with Gasteiger partial charge in [0.1, 0.15) is 5.82 Å². The summed E-state index contributed by atoms with van der Waals surface area (Å²) in [6.07, 6.45) is 2.85. The van der Waals surface area contributed by atoms with Gasteiger partial charge in [-0.1, -0.05) is 38.1 Å². The molecule has 0 spiro atoms. The van der Waals surface area contributed by atoms with Gasteiger partial charge in [-0.05, 0) is 35.3 Å². The number of nitro groups is 1. The minimum atomic E-state index is -0.485. The van der Waals surface area contributed by atoms with Gasteiger partial charge in [-0.2, -0.15) is 0 Å². The maximum Gasteiger partial charge on any atom is 0.270 e. The lowest BCUT2D eigenvalue weighted by molar-refractivity contribution is -0.384. The monoisotopic (exact) mass is 342 g/mol. The van der Waals surface area contributed by atoms with Crippen molar-refractivity contribution in [3.8, 4) is 0 Å². The van der Waals surface area contributed by atoms with Crippen molar-refractivity contribution >= 4 is 17.7 Å². The zero-order valence-corrected chi connectivity index (χ0v) is 14.0. The molecule has 0 aromatic heterocycles. The van der Waals surface area contributed by atoms with Crippen molar-refractivity contribution in [1.82, 2.24) is 5.32 Å². The van der Waals surface area contributed by atoms with E-state index in [1.54, 1.807) is 24.3 Å². The molecule has 0 radical (unpaired) electrons. The molecule has 130 valence electrons. The number of benzene rings is 2. The number of carbonyl (C=O) groups is 1. The molecule has 5 nitrogen and oxygen atoms in total. The van der Waals surface area contributed by atoms with E-state index in [1.807, 2.05) is 13.8 Å². The van der Waals surface area contributed by atoms with Crippen LogP contribution in [0.4, 0.5) is 10.1 Å². The normalized spacial score (nSPS) is 12.3. The number of nitrogens with one attached hydrogen (secondary N) is 1. The van der Waals surface area contributed by atoms with Crippen molar-refractivity contribution in [2.75, 3.05) is 0 Å². The van der Waals surface area contributed by atoms with Gasteiger partial charge in [0.05, 0.1) is 11.0 Å². The Morgan fingerprint density at radius 1 is 1.20 bits per heavy atom. The topological polar surface area (TPSA) is 72.2 Å². The van der Waals surface area contributed by atoms with E-state index in [0.29, 0.717) is 5.56 Å². The Morgan fingerprint density at radius 3 is 2.48 bits per heavy atom. The molecule has 0 heterocycles. The molecule has 6 heteroatoms. The van der Waals surface area contributed by atoms with Crippen molar-refractivity contribution in [2.45, 2.75) is 19.9 Å². The van der Waals surface area contributed by atoms with Crippen LogP contribution in [0.1, 0.15) is 31.0 Å². The van der Waals surface area contributed by atoms with Gasteiger partial charge >= 0.3 is 0 Å². The summed E-state index contributed by atoms with van der Waals surface area (Å²) in [5.41, 5.74) is 1.34. The summed E-state index contributed by atoms with van der Waals surface area (Å²) in [4.78, 5) is 22.5. The largest absolute Gasteiger partial charge is 0.345 e. The molecule has 0 aliphatic rings. The number of nitro benzene ring substituents is 1. The van der Waals surface area contributed by atoms with E-state index in [9.17, 15) is 19.3 Å². The van der Waals surface area contributed by atoms with Gasteiger partial charge < -0.3 is 5.32 Å². The number of carbonyl (C=O) groups excluding carboxylic acids is 1. The van der Waals surface area contributed by atoms with Crippen LogP contribution in [-0.4, -0.2) is 10.8 Å². The van der Waals surface area contributed by atoms with Gasteiger partial charge in [0.2, 0.25) is 5.91 Å². The van der Waals surface area contributed by atoms with Gasteiger partial charge in [-0.15, -0.1) is 0 Å². The molecule has 0 unspecified atom stereocenters. The van der Waals surface area contributed by atoms with Gasteiger partial charge in [-0.25, -0.2) is 4.39 Å². The van der Waals surface area contributed by atoms with E-state index in [2.05, 4.69) is 5.32 Å². The number of hydrogen-bond acceptors (Lipinski definition) is 3. The molecule has 0 saturated carbocycles. The first kappa shape index (κ1) is 18.3. The quantitative estimate of drug-likeness (QED) is 0.484. The van der Waals surface area contributed by atoms with Crippen LogP contribution in [-0.2, 0) is 4.79 Å². The van der Waals surface area contributed by atoms with Crippen molar-refractivity contribution in [2.24, 2.45) is 5.92 Å². The summed E-state index contributed by atoms with van der Waals surface area (Å²) in [5, 5.41) is 13.6. The van der Waals surface area contributed by atoms with Crippen molar-refractivity contribution in [3.63, 3.8) is 0 Å². The second-order valence-electron chi connectivity index (χ2n) is 5.97. The van der Waals surface area contributed by atoms with E-state index < -0.39 is 4.92 Å². The van der Waals surface area contributed by atoms with Crippen LogP contribution in [0.15, 0.2) is 54.6 Å². The molecule has 0 aliphatic heterocycles. The Kier molecular flexibility index (Phi) is 6.00. The molecular weight excluding hydrogens is 323 g/mol. The summed E-state index contributed by atoms with van der Waals surface area (Å²) in [6, 6.07) is 11.8. The fraction of sp³-hybridized carbons (Fsp3) is 0.211. The van der Waals surface area contributed by atoms with Crippen molar-refractivity contribution in [1.29, 1.82) is 0 Å². The Morgan fingerprint density at radius 2 is 1.88 bits per heavy atom. The SMILES string of the molecule is CC(C)[C@@H](NC(=O)/C=C/c1cccc([N+](=O)[O-])c1)c1ccc(F)cc1. The number of non-ortho nitro benzene ring substituents is 1. The maximum atomic E-state index is 13.1. The van der Waals surface area contributed by atoms with E-state index in [1.165, 1.54) is 36.4 Å². The van der Waals surface area contributed by atoms with Crippen LogP contribution in [0.3, 0.4) is 0 Å². The van der Waals surface area contributed by atoms with Crippen LogP contribution < -0.4 is 5.32 Å². The first-order valence-electron chi connectivity index (χ1n) is 7.85. The highest BCUT2D eigenvalue weighted by Gasteiger charge is 2.17. The zero-order chi connectivity index (χ0) is 18.4. The second kappa shape index (κ2) is 8.19. The molecule has 1 atom stereocenters. The number of rotatable bonds is 6.